The average Bonchev–Trinajstić information content (AvgIpc) is 2.17. The summed E-state index contributed by atoms with van der Waals surface area (Å²) in [5.74, 6) is 0.108. The Balaban J connectivity index is 2.52. The van der Waals surface area contributed by atoms with E-state index in [1.807, 2.05) is 12.1 Å². The third-order valence-electron chi connectivity index (χ3n) is 2.59. The maximum absolute atomic E-state index is 11.2. The van der Waals surface area contributed by atoms with Crippen molar-refractivity contribution >= 4 is 17.3 Å². The van der Waals surface area contributed by atoms with Crippen LogP contribution in [0.3, 0.4) is 0 Å². The van der Waals surface area contributed by atoms with Crippen LogP contribution in [-0.2, 0) is 17.6 Å². The number of aryl methyl sites for hydroxylation is 2. The van der Waals surface area contributed by atoms with Crippen molar-refractivity contribution in [1.82, 2.24) is 0 Å². The van der Waals surface area contributed by atoms with E-state index in [0.29, 0.717) is 6.42 Å². The number of rotatable bonds is 1. The van der Waals surface area contributed by atoms with Crippen LogP contribution in [0.15, 0.2) is 12.1 Å². The SMILES string of the molecule is CCc1cc(N)cc2c1NC(=O)CC2. The Labute approximate surface area is 83.3 Å². The number of hydrogen-bond donors (Lipinski definition) is 2. The lowest BCUT2D eigenvalue weighted by molar-refractivity contribution is -0.116. The maximum atomic E-state index is 11.2. The zero-order valence-corrected chi connectivity index (χ0v) is 8.26. The summed E-state index contributed by atoms with van der Waals surface area (Å²) in [5, 5.41) is 2.91. The van der Waals surface area contributed by atoms with E-state index in [9.17, 15) is 4.79 Å². The molecular weight excluding hydrogens is 176 g/mol. The highest BCUT2D eigenvalue weighted by Gasteiger charge is 2.17. The minimum Gasteiger partial charge on any atom is -0.399 e. The molecule has 1 aliphatic rings. The number of nitrogen functional groups attached to an aromatic ring is 1. The molecule has 0 aliphatic carbocycles. The summed E-state index contributed by atoms with van der Waals surface area (Å²) in [5.41, 5.74) is 9.85. The molecule has 0 saturated carbocycles. The van der Waals surface area contributed by atoms with Crippen molar-refractivity contribution in [3.63, 3.8) is 0 Å². The van der Waals surface area contributed by atoms with Gasteiger partial charge >= 0.3 is 0 Å². The van der Waals surface area contributed by atoms with Gasteiger partial charge in [-0.2, -0.15) is 0 Å². The highest BCUT2D eigenvalue weighted by molar-refractivity contribution is 5.95. The van der Waals surface area contributed by atoms with Gasteiger partial charge in [0.2, 0.25) is 5.91 Å². The number of carbonyl (C=O) groups excluding carboxylic acids is 1. The van der Waals surface area contributed by atoms with Crippen molar-refractivity contribution in [1.29, 1.82) is 0 Å². The van der Waals surface area contributed by atoms with Gasteiger partial charge in [-0.1, -0.05) is 6.92 Å². The normalized spacial score (nSPS) is 14.8. The Bertz CT molecular complexity index is 368. The predicted octanol–water partition coefficient (Wildman–Crippen LogP) is 1.72. The third-order valence-corrected chi connectivity index (χ3v) is 2.59. The van der Waals surface area contributed by atoms with Gasteiger partial charge in [0.05, 0.1) is 0 Å². The van der Waals surface area contributed by atoms with Crippen LogP contribution >= 0.6 is 0 Å². The first kappa shape index (κ1) is 9.06. The largest absolute Gasteiger partial charge is 0.399 e. The summed E-state index contributed by atoms with van der Waals surface area (Å²) < 4.78 is 0. The Hall–Kier alpha value is -1.51. The number of hydrogen-bond acceptors (Lipinski definition) is 2. The van der Waals surface area contributed by atoms with Gasteiger partial charge in [-0.3, -0.25) is 4.79 Å². The fraction of sp³-hybridized carbons (Fsp3) is 0.364. The summed E-state index contributed by atoms with van der Waals surface area (Å²) in [6.45, 7) is 2.07. The molecule has 0 fully saturated rings. The molecule has 0 radical (unpaired) electrons. The zero-order valence-electron chi connectivity index (χ0n) is 8.26. The van der Waals surface area contributed by atoms with Crippen LogP contribution in [0.4, 0.5) is 11.4 Å². The molecule has 3 N–H and O–H groups in total. The molecule has 3 nitrogen and oxygen atoms in total. The summed E-state index contributed by atoms with van der Waals surface area (Å²) >= 11 is 0. The smallest absolute Gasteiger partial charge is 0.224 e. The summed E-state index contributed by atoms with van der Waals surface area (Å²) in [4.78, 5) is 11.2. The van der Waals surface area contributed by atoms with Crippen molar-refractivity contribution in [3.05, 3.63) is 23.3 Å². The summed E-state index contributed by atoms with van der Waals surface area (Å²) in [6.07, 6.45) is 2.27. The van der Waals surface area contributed by atoms with Crippen LogP contribution in [0.2, 0.25) is 0 Å². The quantitative estimate of drug-likeness (QED) is 0.662. The van der Waals surface area contributed by atoms with E-state index >= 15 is 0 Å². The van der Waals surface area contributed by atoms with Crippen LogP contribution in [0.1, 0.15) is 24.5 Å². The third kappa shape index (κ3) is 1.45. The van der Waals surface area contributed by atoms with E-state index in [1.165, 1.54) is 5.56 Å². The minimum absolute atomic E-state index is 0.108. The molecule has 0 unspecified atom stereocenters. The van der Waals surface area contributed by atoms with E-state index in [-0.39, 0.29) is 5.91 Å². The van der Waals surface area contributed by atoms with Gasteiger partial charge in [-0.15, -0.1) is 0 Å². The minimum atomic E-state index is 0.108. The molecule has 0 bridgehead atoms. The van der Waals surface area contributed by atoms with Gasteiger partial charge in [0.1, 0.15) is 0 Å². The van der Waals surface area contributed by atoms with E-state index in [2.05, 4.69) is 12.2 Å². The summed E-state index contributed by atoms with van der Waals surface area (Å²) in [6, 6.07) is 3.89. The van der Waals surface area contributed by atoms with Crippen LogP contribution in [-0.4, -0.2) is 5.91 Å². The van der Waals surface area contributed by atoms with Gasteiger partial charge in [0.15, 0.2) is 0 Å². The summed E-state index contributed by atoms with van der Waals surface area (Å²) in [7, 11) is 0. The molecule has 0 spiro atoms. The average molecular weight is 190 g/mol. The predicted molar refractivity (Wildman–Crippen MR) is 57.2 cm³/mol. The molecule has 2 rings (SSSR count). The van der Waals surface area contributed by atoms with Crippen molar-refractivity contribution in [2.75, 3.05) is 11.1 Å². The van der Waals surface area contributed by atoms with Gasteiger partial charge < -0.3 is 11.1 Å². The zero-order chi connectivity index (χ0) is 10.1. The van der Waals surface area contributed by atoms with Crippen molar-refractivity contribution in [2.24, 2.45) is 0 Å². The number of fused-ring (bicyclic) bond motifs is 1. The number of nitrogens with two attached hydrogens (primary N) is 1. The molecule has 1 heterocycles. The Kier molecular flexibility index (Phi) is 2.15. The van der Waals surface area contributed by atoms with Crippen LogP contribution < -0.4 is 11.1 Å². The van der Waals surface area contributed by atoms with E-state index < -0.39 is 0 Å². The molecule has 3 heteroatoms. The fourth-order valence-electron chi connectivity index (χ4n) is 1.88. The lowest BCUT2D eigenvalue weighted by atomic mass is 9.97. The Morgan fingerprint density at radius 3 is 2.93 bits per heavy atom. The first-order chi connectivity index (χ1) is 6.70. The van der Waals surface area contributed by atoms with Crippen LogP contribution in [0.25, 0.3) is 0 Å². The molecule has 1 aromatic rings. The first-order valence-electron chi connectivity index (χ1n) is 4.92. The highest BCUT2D eigenvalue weighted by Crippen LogP contribution is 2.29. The lowest BCUT2D eigenvalue weighted by Gasteiger charge is -2.20. The van der Waals surface area contributed by atoms with E-state index in [4.69, 9.17) is 5.73 Å². The number of benzene rings is 1. The molecule has 74 valence electrons. The van der Waals surface area contributed by atoms with Crippen LogP contribution in [0, 0.1) is 0 Å². The van der Waals surface area contributed by atoms with Gasteiger partial charge in [0, 0.05) is 17.8 Å². The lowest BCUT2D eigenvalue weighted by Crippen LogP contribution is -2.20. The second-order valence-electron chi connectivity index (χ2n) is 3.62. The Morgan fingerprint density at radius 2 is 2.21 bits per heavy atom. The van der Waals surface area contributed by atoms with E-state index in [1.54, 1.807) is 0 Å². The molecule has 0 aromatic heterocycles. The van der Waals surface area contributed by atoms with Gasteiger partial charge in [-0.05, 0) is 36.1 Å². The van der Waals surface area contributed by atoms with E-state index in [0.717, 1.165) is 29.8 Å². The second kappa shape index (κ2) is 3.33. The molecular formula is C11H14N2O. The topological polar surface area (TPSA) is 55.1 Å². The molecule has 0 saturated heterocycles. The highest BCUT2D eigenvalue weighted by atomic mass is 16.1. The fourth-order valence-corrected chi connectivity index (χ4v) is 1.88. The second-order valence-corrected chi connectivity index (χ2v) is 3.62. The maximum Gasteiger partial charge on any atom is 0.224 e. The first-order valence-corrected chi connectivity index (χ1v) is 4.92. The monoisotopic (exact) mass is 190 g/mol. The molecule has 0 atom stereocenters. The standard InChI is InChI=1S/C11H14N2O/c1-2-7-5-9(12)6-8-3-4-10(14)13-11(7)8/h5-6H,2-4,12H2,1H3,(H,13,14). The Morgan fingerprint density at radius 1 is 1.43 bits per heavy atom. The molecule has 14 heavy (non-hydrogen) atoms. The molecule has 1 amide bonds. The number of carbonyl (C=O) groups is 1. The van der Waals surface area contributed by atoms with Gasteiger partial charge in [-0.25, -0.2) is 0 Å². The molecule has 1 aromatic carbocycles. The van der Waals surface area contributed by atoms with Crippen molar-refractivity contribution in [3.8, 4) is 0 Å². The molecule has 1 aliphatic heterocycles. The van der Waals surface area contributed by atoms with Crippen molar-refractivity contribution in [2.45, 2.75) is 26.2 Å². The number of amides is 1. The van der Waals surface area contributed by atoms with Crippen molar-refractivity contribution < 1.29 is 4.79 Å². The van der Waals surface area contributed by atoms with Crippen LogP contribution in [0.5, 0.6) is 0 Å². The number of anilines is 2. The van der Waals surface area contributed by atoms with Gasteiger partial charge in [0.25, 0.3) is 0 Å². The number of nitrogens with one attached hydrogen (secondary N) is 1.